The highest BCUT2D eigenvalue weighted by Crippen LogP contribution is 2.65. The van der Waals surface area contributed by atoms with E-state index in [9.17, 15) is 44.7 Å². The number of anilines is 3. The largest absolute Gasteiger partial charge is 0.416 e. The fourth-order valence-corrected chi connectivity index (χ4v) is 5.05. The van der Waals surface area contributed by atoms with Crippen LogP contribution in [0.25, 0.3) is 0 Å². The lowest BCUT2D eigenvalue weighted by Crippen LogP contribution is -2.33. The molecule has 1 fully saturated rings. The van der Waals surface area contributed by atoms with E-state index in [1.54, 1.807) is 0 Å². The third-order valence-corrected chi connectivity index (χ3v) is 7.54. The first kappa shape index (κ1) is 30.7. The maximum Gasteiger partial charge on any atom is 0.416 e. The van der Waals surface area contributed by atoms with Crippen LogP contribution >= 0.6 is 34.8 Å². The Balaban J connectivity index is 1.68. The van der Waals surface area contributed by atoms with Crippen LogP contribution in [0.5, 0.6) is 0 Å². The number of hydrogen-bond donors (Lipinski definition) is 3. The molecule has 16 heteroatoms. The van der Waals surface area contributed by atoms with Gasteiger partial charge in [-0.3, -0.25) is 9.59 Å². The number of rotatable bonds is 5. The molecular weight excluding hydrogens is 633 g/mol. The third kappa shape index (κ3) is 5.75. The Kier molecular flexibility index (Phi) is 7.64. The first-order chi connectivity index (χ1) is 18.8. The maximum atomic E-state index is 14.2. The van der Waals surface area contributed by atoms with E-state index in [4.69, 9.17) is 40.5 Å². The molecular formula is C25H14Cl3F8N3O2. The first-order valence-corrected chi connectivity index (χ1v) is 12.2. The van der Waals surface area contributed by atoms with E-state index in [1.807, 2.05) is 0 Å². The van der Waals surface area contributed by atoms with Gasteiger partial charge in [-0.1, -0.05) is 11.6 Å². The second-order valence-corrected chi connectivity index (χ2v) is 10.9. The fourth-order valence-electron chi connectivity index (χ4n) is 4.05. The smallest absolute Gasteiger partial charge is 0.394 e. The van der Waals surface area contributed by atoms with Crippen LogP contribution in [0, 0.1) is 11.6 Å². The lowest BCUT2D eigenvalue weighted by molar-refractivity contribution is -0.143. The molecule has 218 valence electrons. The SMILES string of the molecule is Nc1c(F)ccc(NC(=O)c2cc(NC(=O)C3(c4cc(C(F)(F)F)cc(C(F)(F)F)c4)CC3(Cl)Cl)ccc2Cl)c1F. The number of nitrogens with one attached hydrogen (secondary N) is 2. The maximum absolute atomic E-state index is 14.2. The van der Waals surface area contributed by atoms with Gasteiger partial charge in [0.1, 0.15) is 21.3 Å². The molecule has 2 amide bonds. The summed E-state index contributed by atoms with van der Waals surface area (Å²) in [4.78, 5) is 26.1. The van der Waals surface area contributed by atoms with Gasteiger partial charge >= 0.3 is 12.4 Å². The van der Waals surface area contributed by atoms with Crippen molar-refractivity contribution in [3.8, 4) is 0 Å². The molecule has 3 aromatic rings. The number of carbonyl (C=O) groups excluding carboxylic acids is 2. The van der Waals surface area contributed by atoms with Crippen molar-refractivity contribution in [2.75, 3.05) is 16.4 Å². The highest BCUT2D eigenvalue weighted by Gasteiger charge is 2.72. The summed E-state index contributed by atoms with van der Waals surface area (Å²) in [6.45, 7) is 0. The molecule has 3 aromatic carbocycles. The van der Waals surface area contributed by atoms with Crippen LogP contribution < -0.4 is 16.4 Å². The van der Waals surface area contributed by atoms with Gasteiger partial charge in [0.2, 0.25) is 5.91 Å². The van der Waals surface area contributed by atoms with Gasteiger partial charge in [0.15, 0.2) is 5.82 Å². The molecule has 4 rings (SSSR count). The summed E-state index contributed by atoms with van der Waals surface area (Å²) in [6, 6.07) is 5.57. The van der Waals surface area contributed by atoms with E-state index in [1.165, 1.54) is 6.07 Å². The molecule has 0 spiro atoms. The van der Waals surface area contributed by atoms with E-state index < -0.39 is 80.0 Å². The van der Waals surface area contributed by atoms with Gasteiger partial charge in [-0.25, -0.2) is 8.78 Å². The number of carbonyl (C=O) groups is 2. The zero-order chi connectivity index (χ0) is 30.7. The Hall–Kier alpha value is -3.29. The van der Waals surface area contributed by atoms with Crippen LogP contribution in [-0.4, -0.2) is 16.1 Å². The lowest BCUT2D eigenvalue weighted by atomic mass is 9.90. The van der Waals surface area contributed by atoms with E-state index >= 15 is 0 Å². The van der Waals surface area contributed by atoms with Crippen molar-refractivity contribution < 1.29 is 44.7 Å². The van der Waals surface area contributed by atoms with Crippen molar-refractivity contribution in [2.45, 2.75) is 28.5 Å². The first-order valence-electron chi connectivity index (χ1n) is 11.1. The molecule has 5 nitrogen and oxygen atoms in total. The predicted molar refractivity (Wildman–Crippen MR) is 136 cm³/mol. The predicted octanol–water partition coefficient (Wildman–Crippen LogP) is 7.94. The minimum atomic E-state index is -5.20. The van der Waals surface area contributed by atoms with Gasteiger partial charge in [0.25, 0.3) is 5.91 Å². The van der Waals surface area contributed by atoms with Crippen LogP contribution in [0.3, 0.4) is 0 Å². The van der Waals surface area contributed by atoms with Gasteiger partial charge < -0.3 is 16.4 Å². The second-order valence-electron chi connectivity index (χ2n) is 9.01. The zero-order valence-corrected chi connectivity index (χ0v) is 22.1. The summed E-state index contributed by atoms with van der Waals surface area (Å²) in [7, 11) is 0. The molecule has 1 unspecified atom stereocenters. The van der Waals surface area contributed by atoms with Crippen LogP contribution in [-0.2, 0) is 22.6 Å². The molecule has 0 bridgehead atoms. The highest BCUT2D eigenvalue weighted by atomic mass is 35.5. The number of hydrogen-bond acceptors (Lipinski definition) is 3. The van der Waals surface area contributed by atoms with Crippen molar-refractivity contribution in [1.29, 1.82) is 0 Å². The Morgan fingerprint density at radius 3 is 1.93 bits per heavy atom. The van der Waals surface area contributed by atoms with Crippen LogP contribution in [0.4, 0.5) is 52.2 Å². The summed E-state index contributed by atoms with van der Waals surface area (Å²) < 4.78 is 106. The standard InChI is InChI=1S/C25H14Cl3F8N3O2/c26-15-2-1-13(8-14(15)20(40)39-17-4-3-16(29)19(37)18(17)30)38-21(41)22(9-23(22,27)28)10-5-11(24(31,32)33)7-12(6-10)25(34,35)36/h1-8H,9,37H2,(H,38,41)(H,39,40). The molecule has 1 aliphatic carbocycles. The van der Waals surface area contributed by atoms with Gasteiger partial charge in [-0.2, -0.15) is 26.3 Å². The van der Waals surface area contributed by atoms with E-state index in [0.717, 1.165) is 24.3 Å². The average molecular weight is 647 g/mol. The van der Waals surface area contributed by atoms with Gasteiger partial charge in [0.05, 0.1) is 27.4 Å². The summed E-state index contributed by atoms with van der Waals surface area (Å²) in [5.74, 6) is -4.56. The topological polar surface area (TPSA) is 84.2 Å². The fraction of sp³-hybridized carbons (Fsp3) is 0.200. The highest BCUT2D eigenvalue weighted by molar-refractivity contribution is 6.54. The van der Waals surface area contributed by atoms with E-state index in [0.29, 0.717) is 12.1 Å². The number of nitrogen functional groups attached to an aromatic ring is 1. The average Bonchev–Trinajstić information content (AvgIpc) is 3.47. The zero-order valence-electron chi connectivity index (χ0n) is 19.9. The minimum absolute atomic E-state index is 0.108. The number of nitrogens with two attached hydrogens (primary N) is 1. The number of alkyl halides is 8. The second kappa shape index (κ2) is 10.2. The molecule has 1 saturated carbocycles. The Morgan fingerprint density at radius 2 is 1.41 bits per heavy atom. The molecule has 0 radical (unpaired) electrons. The van der Waals surface area contributed by atoms with Gasteiger partial charge in [-0.15, -0.1) is 23.2 Å². The van der Waals surface area contributed by atoms with Crippen LogP contribution in [0.1, 0.15) is 33.5 Å². The summed E-state index contributed by atoms with van der Waals surface area (Å²) >= 11 is 18.3. The van der Waals surface area contributed by atoms with E-state index in [-0.39, 0.29) is 22.3 Å². The molecule has 4 N–H and O–H groups in total. The monoisotopic (exact) mass is 645 g/mol. The van der Waals surface area contributed by atoms with Crippen LogP contribution in [0.15, 0.2) is 48.5 Å². The molecule has 1 aliphatic rings. The van der Waals surface area contributed by atoms with Crippen molar-refractivity contribution in [3.05, 3.63) is 87.4 Å². The molecule has 0 aliphatic heterocycles. The normalized spacial score (nSPS) is 18.1. The molecule has 0 aromatic heterocycles. The van der Waals surface area contributed by atoms with Crippen molar-refractivity contribution in [3.63, 3.8) is 0 Å². The number of amides is 2. The Labute approximate surface area is 240 Å². The molecule has 0 heterocycles. The number of benzene rings is 3. The van der Waals surface area contributed by atoms with Gasteiger partial charge in [-0.05, 0) is 54.1 Å². The summed E-state index contributed by atoms with van der Waals surface area (Å²) in [5.41, 5.74) is -2.97. The van der Waals surface area contributed by atoms with Crippen LogP contribution in [0.2, 0.25) is 5.02 Å². The van der Waals surface area contributed by atoms with Crippen molar-refractivity contribution in [1.82, 2.24) is 0 Å². The molecule has 1 atom stereocenters. The third-order valence-electron chi connectivity index (χ3n) is 6.30. The molecule has 41 heavy (non-hydrogen) atoms. The van der Waals surface area contributed by atoms with E-state index in [2.05, 4.69) is 10.6 Å². The Morgan fingerprint density at radius 1 is 0.854 bits per heavy atom. The lowest BCUT2D eigenvalue weighted by Gasteiger charge is -2.22. The quantitative estimate of drug-likeness (QED) is 0.150. The Bertz CT molecular complexity index is 1540. The van der Waals surface area contributed by atoms with Crippen molar-refractivity contribution in [2.24, 2.45) is 0 Å². The summed E-state index contributed by atoms with van der Waals surface area (Å²) in [6.07, 6.45) is -10.9. The number of halogens is 11. The minimum Gasteiger partial charge on any atom is -0.394 e. The van der Waals surface area contributed by atoms with Gasteiger partial charge in [0, 0.05) is 12.1 Å². The summed E-state index contributed by atoms with van der Waals surface area (Å²) in [5, 5.41) is 4.20. The van der Waals surface area contributed by atoms with Crippen molar-refractivity contribution >= 4 is 63.7 Å². The molecule has 0 saturated heterocycles.